The molecular formula is C9H5BrN2S. The van der Waals surface area contributed by atoms with Gasteiger partial charge < -0.3 is 5.73 Å². The zero-order valence-electron chi connectivity index (χ0n) is 6.54. The number of halogens is 1. The fourth-order valence-corrected chi connectivity index (χ4v) is 2.78. The van der Waals surface area contributed by atoms with Gasteiger partial charge in [-0.2, -0.15) is 5.26 Å². The van der Waals surface area contributed by atoms with Crippen LogP contribution < -0.4 is 5.73 Å². The maximum Gasteiger partial charge on any atom is 0.0992 e. The van der Waals surface area contributed by atoms with Crippen LogP contribution in [0.15, 0.2) is 22.7 Å². The van der Waals surface area contributed by atoms with Crippen molar-refractivity contribution in [2.24, 2.45) is 0 Å². The Morgan fingerprint density at radius 3 is 2.85 bits per heavy atom. The second-order valence-corrected chi connectivity index (χ2v) is 4.60. The molecule has 13 heavy (non-hydrogen) atoms. The van der Waals surface area contributed by atoms with Crippen LogP contribution >= 0.6 is 27.3 Å². The zero-order valence-corrected chi connectivity index (χ0v) is 8.95. The van der Waals surface area contributed by atoms with Crippen LogP contribution in [0.4, 0.5) is 5.00 Å². The molecule has 0 bridgehead atoms. The van der Waals surface area contributed by atoms with Gasteiger partial charge in [0.05, 0.1) is 16.6 Å². The van der Waals surface area contributed by atoms with Crippen molar-refractivity contribution in [3.8, 4) is 6.07 Å². The number of benzene rings is 1. The van der Waals surface area contributed by atoms with Crippen molar-refractivity contribution in [1.82, 2.24) is 0 Å². The maximum absolute atomic E-state index is 8.73. The van der Waals surface area contributed by atoms with E-state index in [0.717, 1.165) is 19.6 Å². The fraction of sp³-hybridized carbons (Fsp3) is 0. The van der Waals surface area contributed by atoms with E-state index in [1.54, 1.807) is 6.07 Å². The van der Waals surface area contributed by atoms with Gasteiger partial charge in [-0.3, -0.25) is 0 Å². The maximum atomic E-state index is 8.73. The van der Waals surface area contributed by atoms with Crippen molar-refractivity contribution < 1.29 is 0 Å². The molecule has 0 unspecified atom stereocenters. The third-order valence-electron chi connectivity index (χ3n) is 1.74. The van der Waals surface area contributed by atoms with Gasteiger partial charge in [0, 0.05) is 14.6 Å². The van der Waals surface area contributed by atoms with Gasteiger partial charge in [0.25, 0.3) is 0 Å². The Morgan fingerprint density at radius 2 is 2.15 bits per heavy atom. The third kappa shape index (κ3) is 1.41. The van der Waals surface area contributed by atoms with Crippen LogP contribution in [-0.2, 0) is 0 Å². The zero-order chi connectivity index (χ0) is 9.42. The van der Waals surface area contributed by atoms with Crippen LogP contribution in [0.2, 0.25) is 0 Å². The van der Waals surface area contributed by atoms with Crippen LogP contribution in [0.25, 0.3) is 10.1 Å². The van der Waals surface area contributed by atoms with Crippen LogP contribution in [0, 0.1) is 11.3 Å². The number of nitrogens with two attached hydrogens (primary N) is 1. The SMILES string of the molecule is N#Cc1cc(Br)c2cc(N)sc2c1. The summed E-state index contributed by atoms with van der Waals surface area (Å²) in [7, 11) is 0. The van der Waals surface area contributed by atoms with Gasteiger partial charge in [0.15, 0.2) is 0 Å². The molecule has 1 heterocycles. The summed E-state index contributed by atoms with van der Waals surface area (Å²) in [4.78, 5) is 0. The summed E-state index contributed by atoms with van der Waals surface area (Å²) in [6.45, 7) is 0. The van der Waals surface area contributed by atoms with Crippen molar-refractivity contribution in [3.05, 3.63) is 28.2 Å². The monoisotopic (exact) mass is 252 g/mol. The Labute approximate surface area is 87.7 Å². The number of thiophene rings is 1. The summed E-state index contributed by atoms with van der Waals surface area (Å²) >= 11 is 4.89. The Morgan fingerprint density at radius 1 is 1.38 bits per heavy atom. The van der Waals surface area contributed by atoms with E-state index in [4.69, 9.17) is 11.0 Å². The average molecular weight is 253 g/mol. The van der Waals surface area contributed by atoms with E-state index >= 15 is 0 Å². The van der Waals surface area contributed by atoms with Crippen molar-refractivity contribution >= 4 is 42.4 Å². The second-order valence-electron chi connectivity index (χ2n) is 2.63. The largest absolute Gasteiger partial charge is 0.391 e. The topological polar surface area (TPSA) is 49.8 Å². The van der Waals surface area contributed by atoms with Crippen molar-refractivity contribution in [1.29, 1.82) is 5.26 Å². The van der Waals surface area contributed by atoms with Gasteiger partial charge >= 0.3 is 0 Å². The molecule has 0 fully saturated rings. The summed E-state index contributed by atoms with van der Waals surface area (Å²) in [6.07, 6.45) is 0. The van der Waals surface area contributed by atoms with Crippen LogP contribution in [-0.4, -0.2) is 0 Å². The number of nitriles is 1. The lowest BCUT2D eigenvalue weighted by Crippen LogP contribution is -1.74. The molecular weight excluding hydrogens is 248 g/mol. The molecule has 0 aliphatic heterocycles. The first-order valence-electron chi connectivity index (χ1n) is 3.59. The summed E-state index contributed by atoms with van der Waals surface area (Å²) in [5, 5.41) is 10.6. The molecule has 0 aliphatic carbocycles. The minimum Gasteiger partial charge on any atom is -0.391 e. The van der Waals surface area contributed by atoms with E-state index < -0.39 is 0 Å². The molecule has 0 radical (unpaired) electrons. The number of anilines is 1. The Hall–Kier alpha value is -1.05. The second kappa shape index (κ2) is 3.02. The van der Waals surface area contributed by atoms with E-state index in [1.807, 2.05) is 12.1 Å². The lowest BCUT2D eigenvalue weighted by Gasteiger charge is -1.93. The first-order valence-corrected chi connectivity index (χ1v) is 5.20. The molecule has 64 valence electrons. The van der Waals surface area contributed by atoms with E-state index in [0.29, 0.717) is 5.56 Å². The van der Waals surface area contributed by atoms with Gasteiger partial charge in [-0.25, -0.2) is 0 Å². The average Bonchev–Trinajstić information content (AvgIpc) is 2.46. The molecule has 0 aliphatic rings. The Bertz CT molecular complexity index is 510. The molecule has 0 amide bonds. The fourth-order valence-electron chi connectivity index (χ4n) is 1.18. The molecule has 1 aromatic heterocycles. The van der Waals surface area contributed by atoms with Gasteiger partial charge in [-0.15, -0.1) is 11.3 Å². The summed E-state index contributed by atoms with van der Waals surface area (Å²) in [6, 6.07) is 7.66. The Balaban J connectivity index is 2.85. The van der Waals surface area contributed by atoms with Gasteiger partial charge in [0.1, 0.15) is 0 Å². The number of fused-ring (bicyclic) bond motifs is 1. The number of nitrogen functional groups attached to an aromatic ring is 1. The number of rotatable bonds is 0. The van der Waals surface area contributed by atoms with Crippen LogP contribution in [0.5, 0.6) is 0 Å². The molecule has 2 aromatic rings. The molecule has 0 atom stereocenters. The summed E-state index contributed by atoms with van der Waals surface area (Å²) in [5.74, 6) is 0. The first-order chi connectivity index (χ1) is 6.20. The smallest absolute Gasteiger partial charge is 0.0992 e. The minimum absolute atomic E-state index is 0.654. The number of hydrogen-bond donors (Lipinski definition) is 1. The lowest BCUT2D eigenvalue weighted by molar-refractivity contribution is 1.49. The van der Waals surface area contributed by atoms with E-state index in [-0.39, 0.29) is 0 Å². The van der Waals surface area contributed by atoms with Crippen molar-refractivity contribution in [3.63, 3.8) is 0 Å². The predicted molar refractivity (Wildman–Crippen MR) is 58.7 cm³/mol. The number of hydrogen-bond acceptors (Lipinski definition) is 3. The molecule has 1 aromatic carbocycles. The van der Waals surface area contributed by atoms with Crippen molar-refractivity contribution in [2.75, 3.05) is 5.73 Å². The van der Waals surface area contributed by atoms with E-state index in [9.17, 15) is 0 Å². The Kier molecular flexibility index (Phi) is 1.98. The quantitative estimate of drug-likeness (QED) is 0.784. The summed E-state index contributed by atoms with van der Waals surface area (Å²) in [5.41, 5.74) is 6.32. The predicted octanol–water partition coefficient (Wildman–Crippen LogP) is 3.12. The molecule has 0 saturated carbocycles. The number of nitrogens with zero attached hydrogens (tertiary/aromatic N) is 1. The van der Waals surface area contributed by atoms with Gasteiger partial charge in [-0.05, 0) is 18.2 Å². The normalized spacial score (nSPS) is 10.2. The molecule has 0 saturated heterocycles. The molecule has 2 rings (SSSR count). The standard InChI is InChI=1S/C9H5BrN2S/c10-7-1-5(4-11)2-8-6(7)3-9(12)13-8/h1-3H,12H2. The lowest BCUT2D eigenvalue weighted by atomic mass is 10.2. The van der Waals surface area contributed by atoms with Gasteiger partial charge in [0.2, 0.25) is 0 Å². The van der Waals surface area contributed by atoms with E-state index in [2.05, 4.69) is 22.0 Å². The molecule has 2 nitrogen and oxygen atoms in total. The highest BCUT2D eigenvalue weighted by atomic mass is 79.9. The van der Waals surface area contributed by atoms with Crippen LogP contribution in [0.3, 0.4) is 0 Å². The minimum atomic E-state index is 0.654. The molecule has 0 spiro atoms. The highest BCUT2D eigenvalue weighted by Crippen LogP contribution is 2.33. The highest BCUT2D eigenvalue weighted by molar-refractivity contribution is 9.10. The van der Waals surface area contributed by atoms with Gasteiger partial charge in [-0.1, -0.05) is 15.9 Å². The summed E-state index contributed by atoms with van der Waals surface area (Å²) < 4.78 is 1.97. The van der Waals surface area contributed by atoms with Crippen LogP contribution in [0.1, 0.15) is 5.56 Å². The highest BCUT2D eigenvalue weighted by Gasteiger charge is 2.04. The first kappa shape index (κ1) is 8.54. The molecule has 2 N–H and O–H groups in total. The third-order valence-corrected chi connectivity index (χ3v) is 3.30. The molecule has 4 heteroatoms. The van der Waals surface area contributed by atoms with Crippen molar-refractivity contribution in [2.45, 2.75) is 0 Å². The van der Waals surface area contributed by atoms with E-state index in [1.165, 1.54) is 11.3 Å².